The molecule has 3 aromatic carbocycles. The van der Waals surface area contributed by atoms with Crippen molar-refractivity contribution < 1.29 is 4.39 Å². The Morgan fingerprint density at radius 2 is 1.19 bits per heavy atom. The van der Waals surface area contributed by atoms with Crippen LogP contribution in [0.25, 0.3) is 22.3 Å². The highest BCUT2D eigenvalue weighted by atomic mass is 19.1. The Hall–Kier alpha value is -2.41. The highest BCUT2D eigenvalue weighted by molar-refractivity contribution is 5.71. The quantitative estimate of drug-likeness (QED) is 0.416. The van der Waals surface area contributed by atoms with Gasteiger partial charge < -0.3 is 0 Å². The van der Waals surface area contributed by atoms with Gasteiger partial charge in [0.25, 0.3) is 0 Å². The lowest BCUT2D eigenvalue weighted by molar-refractivity contribution is 0.632. The molecule has 134 valence electrons. The van der Waals surface area contributed by atoms with Crippen LogP contribution in [0.2, 0.25) is 0 Å². The van der Waals surface area contributed by atoms with Gasteiger partial charge in [-0.05, 0) is 53.1 Å². The van der Waals surface area contributed by atoms with Gasteiger partial charge in [-0.25, -0.2) is 4.39 Å². The van der Waals surface area contributed by atoms with E-state index < -0.39 is 0 Å². The molecular weight excluding hydrogens is 319 g/mol. The number of halogens is 1. The van der Waals surface area contributed by atoms with E-state index in [0.717, 1.165) is 36.0 Å². The molecule has 0 radical (unpaired) electrons. The number of aryl methyl sites for hydroxylation is 2. The van der Waals surface area contributed by atoms with Crippen LogP contribution in [0.3, 0.4) is 0 Å². The normalized spacial score (nSPS) is 10.9. The SMILES string of the molecule is CCCCc1ccc(-c2ccc(-c3ccc(CCC)cc3)cc2F)cc1. The highest BCUT2D eigenvalue weighted by Gasteiger charge is 2.08. The highest BCUT2D eigenvalue weighted by Crippen LogP contribution is 2.28. The van der Waals surface area contributed by atoms with Crippen LogP contribution < -0.4 is 0 Å². The van der Waals surface area contributed by atoms with Crippen LogP contribution in [0.4, 0.5) is 4.39 Å². The van der Waals surface area contributed by atoms with Gasteiger partial charge in [0.1, 0.15) is 5.82 Å². The summed E-state index contributed by atoms with van der Waals surface area (Å²) in [6.07, 6.45) is 5.70. The molecule has 0 amide bonds. The van der Waals surface area contributed by atoms with Crippen molar-refractivity contribution in [2.45, 2.75) is 46.0 Å². The number of hydrogen-bond donors (Lipinski definition) is 0. The first-order valence-corrected chi connectivity index (χ1v) is 9.69. The zero-order chi connectivity index (χ0) is 18.4. The van der Waals surface area contributed by atoms with Gasteiger partial charge in [0.05, 0.1) is 0 Å². The summed E-state index contributed by atoms with van der Waals surface area (Å²) >= 11 is 0. The van der Waals surface area contributed by atoms with Crippen molar-refractivity contribution in [3.63, 3.8) is 0 Å². The number of benzene rings is 3. The smallest absolute Gasteiger partial charge is 0.131 e. The van der Waals surface area contributed by atoms with Crippen LogP contribution in [0.1, 0.15) is 44.2 Å². The first-order chi connectivity index (χ1) is 12.7. The number of hydrogen-bond acceptors (Lipinski definition) is 0. The maximum Gasteiger partial charge on any atom is 0.131 e. The molecule has 3 aromatic rings. The maximum atomic E-state index is 14.7. The van der Waals surface area contributed by atoms with E-state index in [2.05, 4.69) is 50.2 Å². The molecule has 26 heavy (non-hydrogen) atoms. The number of unbranched alkanes of at least 4 members (excludes halogenated alkanes) is 1. The third-order valence-electron chi connectivity index (χ3n) is 4.88. The van der Waals surface area contributed by atoms with Crippen molar-refractivity contribution in [3.8, 4) is 22.3 Å². The van der Waals surface area contributed by atoms with Gasteiger partial charge in [-0.2, -0.15) is 0 Å². The second-order valence-electron chi connectivity index (χ2n) is 6.94. The lowest BCUT2D eigenvalue weighted by Gasteiger charge is -2.09. The molecule has 0 N–H and O–H groups in total. The van der Waals surface area contributed by atoms with Gasteiger partial charge in [0, 0.05) is 5.56 Å². The molecule has 0 aromatic heterocycles. The Kier molecular flexibility index (Phi) is 6.22. The Morgan fingerprint density at radius 3 is 1.77 bits per heavy atom. The van der Waals surface area contributed by atoms with Gasteiger partial charge in [-0.15, -0.1) is 0 Å². The van der Waals surface area contributed by atoms with E-state index in [1.165, 1.54) is 24.0 Å². The minimum Gasteiger partial charge on any atom is -0.206 e. The van der Waals surface area contributed by atoms with Crippen molar-refractivity contribution in [2.75, 3.05) is 0 Å². The molecule has 0 saturated heterocycles. The topological polar surface area (TPSA) is 0 Å². The molecule has 0 aliphatic carbocycles. The molecule has 0 heterocycles. The van der Waals surface area contributed by atoms with Crippen LogP contribution in [0, 0.1) is 5.82 Å². The molecule has 0 spiro atoms. The Morgan fingerprint density at radius 1 is 0.615 bits per heavy atom. The third-order valence-corrected chi connectivity index (χ3v) is 4.88. The lowest BCUT2D eigenvalue weighted by Crippen LogP contribution is -1.89. The Bertz CT molecular complexity index is 829. The van der Waals surface area contributed by atoms with Gasteiger partial charge >= 0.3 is 0 Å². The standard InChI is InChI=1S/C25H27F/c1-3-5-7-20-10-14-22(15-11-20)24-17-16-23(18-25(24)26)21-12-8-19(6-4-2)9-13-21/h8-18H,3-7H2,1-2H3. The molecule has 0 aliphatic rings. The molecule has 3 rings (SSSR count). The van der Waals surface area contributed by atoms with Crippen molar-refractivity contribution in [2.24, 2.45) is 0 Å². The predicted octanol–water partition coefficient (Wildman–Crippen LogP) is 7.45. The van der Waals surface area contributed by atoms with Gasteiger partial charge in [-0.3, -0.25) is 0 Å². The second-order valence-corrected chi connectivity index (χ2v) is 6.94. The molecule has 0 unspecified atom stereocenters. The summed E-state index contributed by atoms with van der Waals surface area (Å²) in [6, 6.07) is 22.3. The van der Waals surface area contributed by atoms with Gasteiger partial charge in [0.2, 0.25) is 0 Å². The van der Waals surface area contributed by atoms with Crippen LogP contribution in [-0.4, -0.2) is 0 Å². The summed E-state index contributed by atoms with van der Waals surface area (Å²) in [5, 5.41) is 0. The fourth-order valence-corrected chi connectivity index (χ4v) is 3.31. The largest absolute Gasteiger partial charge is 0.206 e. The van der Waals surface area contributed by atoms with Crippen LogP contribution >= 0.6 is 0 Å². The second kappa shape index (κ2) is 8.80. The number of rotatable bonds is 7. The van der Waals surface area contributed by atoms with Crippen molar-refractivity contribution in [1.82, 2.24) is 0 Å². The molecule has 0 nitrogen and oxygen atoms in total. The molecule has 0 fully saturated rings. The monoisotopic (exact) mass is 346 g/mol. The average molecular weight is 346 g/mol. The zero-order valence-corrected chi connectivity index (χ0v) is 15.8. The molecule has 0 aliphatic heterocycles. The summed E-state index contributed by atoms with van der Waals surface area (Å²) in [6.45, 7) is 4.38. The minimum absolute atomic E-state index is 0.165. The third kappa shape index (κ3) is 4.40. The Balaban J connectivity index is 1.80. The van der Waals surface area contributed by atoms with E-state index in [1.54, 1.807) is 6.07 Å². The van der Waals surface area contributed by atoms with Gasteiger partial charge in [-0.1, -0.05) is 87.4 Å². The first kappa shape index (κ1) is 18.4. The van der Waals surface area contributed by atoms with E-state index >= 15 is 0 Å². The fourth-order valence-electron chi connectivity index (χ4n) is 3.31. The predicted molar refractivity (Wildman–Crippen MR) is 110 cm³/mol. The van der Waals surface area contributed by atoms with Crippen LogP contribution in [0.5, 0.6) is 0 Å². The molecule has 0 atom stereocenters. The maximum absolute atomic E-state index is 14.7. The summed E-state index contributed by atoms with van der Waals surface area (Å²) in [5.41, 5.74) is 6.24. The summed E-state index contributed by atoms with van der Waals surface area (Å²) in [4.78, 5) is 0. The van der Waals surface area contributed by atoms with E-state index in [9.17, 15) is 4.39 Å². The van der Waals surface area contributed by atoms with E-state index in [1.807, 2.05) is 24.3 Å². The molecule has 1 heteroatoms. The summed E-state index contributed by atoms with van der Waals surface area (Å²) in [7, 11) is 0. The van der Waals surface area contributed by atoms with Crippen molar-refractivity contribution >= 4 is 0 Å². The van der Waals surface area contributed by atoms with Crippen LogP contribution in [0.15, 0.2) is 66.7 Å². The Labute approximate surface area is 156 Å². The molecule has 0 saturated carbocycles. The summed E-state index contributed by atoms with van der Waals surface area (Å²) in [5.74, 6) is -0.165. The van der Waals surface area contributed by atoms with Crippen molar-refractivity contribution in [1.29, 1.82) is 0 Å². The first-order valence-electron chi connectivity index (χ1n) is 9.69. The minimum atomic E-state index is -0.165. The zero-order valence-electron chi connectivity index (χ0n) is 15.8. The van der Waals surface area contributed by atoms with Gasteiger partial charge in [0.15, 0.2) is 0 Å². The molecule has 0 bridgehead atoms. The summed E-state index contributed by atoms with van der Waals surface area (Å²) < 4.78 is 14.7. The lowest BCUT2D eigenvalue weighted by atomic mass is 9.97. The van der Waals surface area contributed by atoms with E-state index in [4.69, 9.17) is 0 Å². The average Bonchev–Trinajstić information content (AvgIpc) is 2.68. The van der Waals surface area contributed by atoms with Crippen LogP contribution in [-0.2, 0) is 12.8 Å². The fraction of sp³-hybridized carbons (Fsp3) is 0.280. The van der Waals surface area contributed by atoms with E-state index in [-0.39, 0.29) is 5.82 Å². The van der Waals surface area contributed by atoms with E-state index in [0.29, 0.717) is 5.56 Å². The van der Waals surface area contributed by atoms with Crippen molar-refractivity contribution in [3.05, 3.63) is 83.7 Å². The molecular formula is C25H27F.